The first kappa shape index (κ1) is 37.8. The second kappa shape index (κ2) is 15.7. The van der Waals surface area contributed by atoms with Crippen LogP contribution in [0, 0.1) is 5.92 Å². The van der Waals surface area contributed by atoms with Crippen molar-refractivity contribution in [2.24, 2.45) is 11.7 Å². The fourth-order valence-electron chi connectivity index (χ4n) is 10.1. The Balaban J connectivity index is 1.10. The molecule has 3 N–H and O–H groups in total. The largest absolute Gasteiger partial charge is 0.456 e. The van der Waals surface area contributed by atoms with Gasteiger partial charge in [0.15, 0.2) is 8.07 Å². The molecule has 0 spiro atoms. The van der Waals surface area contributed by atoms with E-state index >= 15 is 0 Å². The number of nitrogens with zero attached hydrogens (tertiary/aromatic N) is 1. The molecule has 1 aliphatic rings. The molecule has 300 valence electrons. The number of benzene rings is 8. The average Bonchev–Trinajstić information content (AvgIpc) is 3.86. The normalized spacial score (nSPS) is 14.7. The first-order valence-electron chi connectivity index (χ1n) is 21.7. The third-order valence-electron chi connectivity index (χ3n) is 13.0. The lowest BCUT2D eigenvalue weighted by atomic mass is 9.98. The number of anilines is 1. The highest BCUT2D eigenvalue weighted by Gasteiger charge is 2.43. The van der Waals surface area contributed by atoms with Crippen LogP contribution in [0.4, 0.5) is 5.69 Å². The quantitative estimate of drug-likeness (QED) is 0.107. The van der Waals surface area contributed by atoms with Gasteiger partial charge in [0.05, 0.1) is 17.1 Å². The molecule has 2 atom stereocenters. The summed E-state index contributed by atoms with van der Waals surface area (Å²) in [6, 6.07) is 70.3. The molecule has 4 nitrogen and oxygen atoms in total. The van der Waals surface area contributed by atoms with Gasteiger partial charge in [-0.3, -0.25) is 0 Å². The Morgan fingerprint density at radius 1 is 0.613 bits per heavy atom. The van der Waals surface area contributed by atoms with E-state index in [1.807, 2.05) is 24.3 Å². The summed E-state index contributed by atoms with van der Waals surface area (Å²) >= 11 is 0. The van der Waals surface area contributed by atoms with Gasteiger partial charge in [-0.2, -0.15) is 0 Å². The monoisotopic (exact) mass is 817 g/mol. The molecular weight excluding hydrogens is 771 g/mol. The maximum absolute atomic E-state index is 6.84. The van der Waals surface area contributed by atoms with Crippen molar-refractivity contribution in [2.45, 2.75) is 25.9 Å². The minimum atomic E-state index is -2.75. The predicted molar refractivity (Wildman–Crippen MR) is 263 cm³/mol. The van der Waals surface area contributed by atoms with Crippen LogP contribution in [-0.4, -0.2) is 12.6 Å². The Labute approximate surface area is 363 Å². The number of aromatic nitrogens is 1. The number of furan rings is 1. The number of nitrogens with two attached hydrogens (primary N) is 1. The minimum Gasteiger partial charge on any atom is -0.456 e. The predicted octanol–water partition coefficient (Wildman–Crippen LogP) is 11.9. The van der Waals surface area contributed by atoms with Crippen LogP contribution < -0.4 is 26.6 Å². The van der Waals surface area contributed by atoms with E-state index in [0.29, 0.717) is 12.5 Å². The number of para-hydroxylation sites is 2. The van der Waals surface area contributed by atoms with Crippen molar-refractivity contribution in [3.8, 4) is 5.69 Å². The average molecular weight is 818 g/mol. The van der Waals surface area contributed by atoms with Gasteiger partial charge in [-0.15, -0.1) is 0 Å². The second-order valence-corrected chi connectivity index (χ2v) is 20.6. The van der Waals surface area contributed by atoms with Gasteiger partial charge in [0.25, 0.3) is 0 Å². The van der Waals surface area contributed by atoms with Crippen LogP contribution in [0.3, 0.4) is 0 Å². The van der Waals surface area contributed by atoms with Crippen molar-refractivity contribution < 1.29 is 4.42 Å². The van der Waals surface area contributed by atoms with E-state index in [9.17, 15) is 0 Å². The van der Waals surface area contributed by atoms with Crippen molar-refractivity contribution in [3.05, 3.63) is 234 Å². The smallest absolute Gasteiger partial charge is 0.175 e. The molecule has 0 amide bonds. The van der Waals surface area contributed by atoms with Crippen LogP contribution in [0.5, 0.6) is 0 Å². The second-order valence-electron chi connectivity index (χ2n) is 16.8. The number of fused-ring (bicyclic) bond motifs is 6. The van der Waals surface area contributed by atoms with Crippen LogP contribution in [0.1, 0.15) is 36.1 Å². The summed E-state index contributed by atoms with van der Waals surface area (Å²) in [6.07, 6.45) is 8.08. The van der Waals surface area contributed by atoms with E-state index in [0.717, 1.165) is 56.4 Å². The van der Waals surface area contributed by atoms with Crippen LogP contribution in [0.2, 0.25) is 0 Å². The summed E-state index contributed by atoms with van der Waals surface area (Å²) in [5, 5.41) is 14.1. The molecule has 0 saturated heterocycles. The summed E-state index contributed by atoms with van der Waals surface area (Å²) < 4.78 is 9.04. The standard InChI is InChI=1S/C57H47N3OSi/c1-39-17-15-26-45(33-39)62(43-22-7-3-8-23-43,44-24-9-4-10-25-44)46-31-32-53-49(35-46)50-37-56-51(47-27-12-14-30-55(47)61-56)36-54(50)60(53)42-21-16-18-40(34-42)38-59-52-29-13-11-28-48(52)57(58)41-19-5-2-6-20-41/h2-32,34-37,39,57,59H,33,38,58H2,1H3. The lowest BCUT2D eigenvalue weighted by molar-refractivity contribution is 0.669. The van der Waals surface area contributed by atoms with Crippen LogP contribution >= 0.6 is 0 Å². The van der Waals surface area contributed by atoms with Gasteiger partial charge in [0, 0.05) is 39.5 Å². The molecule has 0 saturated carbocycles. The molecule has 0 radical (unpaired) electrons. The molecule has 1 aliphatic carbocycles. The third-order valence-corrected chi connectivity index (χ3v) is 17.9. The summed E-state index contributed by atoms with van der Waals surface area (Å²) in [4.78, 5) is 0. The Hall–Kier alpha value is -7.18. The molecule has 10 aromatic rings. The van der Waals surface area contributed by atoms with Gasteiger partial charge in [0.2, 0.25) is 0 Å². The van der Waals surface area contributed by atoms with E-state index in [1.54, 1.807) is 0 Å². The van der Waals surface area contributed by atoms with Gasteiger partial charge in [-0.1, -0.05) is 182 Å². The number of hydrogen-bond acceptors (Lipinski definition) is 3. The molecule has 0 aliphatic heterocycles. The van der Waals surface area contributed by atoms with E-state index < -0.39 is 8.07 Å². The Morgan fingerprint density at radius 2 is 1.31 bits per heavy atom. The first-order valence-corrected chi connectivity index (χ1v) is 23.7. The lowest BCUT2D eigenvalue weighted by Crippen LogP contribution is -2.69. The fraction of sp³-hybridized carbons (Fsp3) is 0.0877. The van der Waals surface area contributed by atoms with Crippen molar-refractivity contribution in [2.75, 3.05) is 5.32 Å². The highest BCUT2D eigenvalue weighted by atomic mass is 28.3. The van der Waals surface area contributed by atoms with E-state index in [4.69, 9.17) is 10.2 Å². The zero-order chi connectivity index (χ0) is 41.6. The summed E-state index contributed by atoms with van der Waals surface area (Å²) in [5.41, 5.74) is 16.5. The third kappa shape index (κ3) is 6.40. The molecule has 2 aromatic heterocycles. The Kier molecular flexibility index (Phi) is 9.56. The van der Waals surface area contributed by atoms with Crippen LogP contribution in [-0.2, 0) is 6.54 Å². The van der Waals surface area contributed by atoms with Crippen molar-refractivity contribution in [1.29, 1.82) is 0 Å². The Morgan fingerprint density at radius 3 is 2.08 bits per heavy atom. The van der Waals surface area contributed by atoms with Gasteiger partial charge in [0.1, 0.15) is 11.2 Å². The maximum Gasteiger partial charge on any atom is 0.175 e. The van der Waals surface area contributed by atoms with Crippen molar-refractivity contribution >= 4 is 73.1 Å². The van der Waals surface area contributed by atoms with Crippen LogP contribution in [0.15, 0.2) is 222 Å². The molecule has 8 aromatic carbocycles. The van der Waals surface area contributed by atoms with E-state index in [2.05, 4.69) is 205 Å². The number of rotatable bonds is 10. The van der Waals surface area contributed by atoms with Crippen LogP contribution in [0.25, 0.3) is 49.4 Å². The fourth-order valence-corrected chi connectivity index (χ4v) is 15.2. The van der Waals surface area contributed by atoms with Gasteiger partial charge in [-0.05, 0) is 87.1 Å². The molecular formula is C57H47N3OSi. The minimum absolute atomic E-state index is 0.232. The highest BCUT2D eigenvalue weighted by Crippen LogP contribution is 2.39. The number of nitrogens with one attached hydrogen (secondary N) is 1. The van der Waals surface area contributed by atoms with E-state index in [1.165, 1.54) is 42.6 Å². The summed E-state index contributed by atoms with van der Waals surface area (Å²) in [5.74, 6) is 0.456. The summed E-state index contributed by atoms with van der Waals surface area (Å²) in [7, 11) is -2.75. The lowest BCUT2D eigenvalue weighted by Gasteiger charge is -2.38. The van der Waals surface area contributed by atoms with Crippen molar-refractivity contribution in [3.63, 3.8) is 0 Å². The number of hydrogen-bond donors (Lipinski definition) is 2. The van der Waals surface area contributed by atoms with Crippen molar-refractivity contribution in [1.82, 2.24) is 4.57 Å². The SMILES string of the molecule is CC1C=CC=C([Si](c2ccccc2)(c2ccccc2)c2ccc3c(c2)c2cc4oc5ccccc5c4cc2n3-c2cccc(CNc3ccccc3C(N)c3ccccc3)c2)C1. The molecule has 11 rings (SSSR count). The summed E-state index contributed by atoms with van der Waals surface area (Å²) in [6.45, 7) is 2.99. The van der Waals surface area contributed by atoms with E-state index in [-0.39, 0.29) is 6.04 Å². The Bertz CT molecular complexity index is 3270. The molecule has 0 fully saturated rings. The molecule has 2 unspecified atom stereocenters. The van der Waals surface area contributed by atoms with Gasteiger partial charge < -0.3 is 20.0 Å². The highest BCUT2D eigenvalue weighted by molar-refractivity contribution is 7.16. The van der Waals surface area contributed by atoms with Gasteiger partial charge >= 0.3 is 0 Å². The maximum atomic E-state index is 6.84. The zero-order valence-corrected chi connectivity index (χ0v) is 35.7. The topological polar surface area (TPSA) is 56.1 Å². The number of allylic oxidation sites excluding steroid dienone is 4. The zero-order valence-electron chi connectivity index (χ0n) is 34.7. The molecule has 5 heteroatoms. The first-order chi connectivity index (χ1) is 30.6. The molecule has 62 heavy (non-hydrogen) atoms. The molecule has 0 bridgehead atoms. The molecule has 2 heterocycles. The van der Waals surface area contributed by atoms with Gasteiger partial charge in [-0.25, -0.2) is 0 Å².